The van der Waals surface area contributed by atoms with Gasteiger partial charge in [-0.25, -0.2) is 0 Å². The van der Waals surface area contributed by atoms with Crippen molar-refractivity contribution < 1.29 is 18.0 Å². The summed E-state index contributed by atoms with van der Waals surface area (Å²) in [5.74, 6) is 0.451. The largest absolute Gasteiger partial charge is 0.416 e. The van der Waals surface area contributed by atoms with Gasteiger partial charge in [-0.1, -0.05) is 0 Å². The molecular weight excluding hydrogens is 225 g/mol. The first-order chi connectivity index (χ1) is 6.98. The number of halogens is 3. The number of ketones is 1. The molecule has 1 aliphatic heterocycles. The summed E-state index contributed by atoms with van der Waals surface area (Å²) in [6.45, 7) is 0. The van der Waals surface area contributed by atoms with Crippen LogP contribution < -0.4 is 0 Å². The molecular formula is C10H7F3OS. The molecule has 0 bridgehead atoms. The summed E-state index contributed by atoms with van der Waals surface area (Å²) < 4.78 is 37.1. The Balaban J connectivity index is 2.49. The molecule has 1 nitrogen and oxygen atoms in total. The number of benzene rings is 1. The third kappa shape index (κ3) is 2.02. The van der Waals surface area contributed by atoms with E-state index in [4.69, 9.17) is 0 Å². The quantitative estimate of drug-likeness (QED) is 0.682. The van der Waals surface area contributed by atoms with Crippen LogP contribution in [0.3, 0.4) is 0 Å². The molecule has 1 aromatic carbocycles. The standard InChI is InChI=1S/C10H7F3OS/c11-10(12,13)6-1-2-9-7(5-6)8(14)3-4-15-9/h1-2,5H,3-4H2. The van der Waals surface area contributed by atoms with E-state index in [9.17, 15) is 18.0 Å². The second-order valence-electron chi connectivity index (χ2n) is 3.23. The van der Waals surface area contributed by atoms with Gasteiger partial charge in [-0.05, 0) is 18.2 Å². The Bertz CT molecular complexity index is 412. The van der Waals surface area contributed by atoms with Gasteiger partial charge in [0.2, 0.25) is 0 Å². The van der Waals surface area contributed by atoms with Crippen LogP contribution in [0.1, 0.15) is 22.3 Å². The van der Waals surface area contributed by atoms with Gasteiger partial charge in [0.15, 0.2) is 5.78 Å². The third-order valence-corrected chi connectivity index (χ3v) is 3.27. The molecule has 1 aromatic rings. The highest BCUT2D eigenvalue weighted by Gasteiger charge is 2.32. The van der Waals surface area contributed by atoms with E-state index in [1.165, 1.54) is 17.8 Å². The molecule has 2 rings (SSSR count). The summed E-state index contributed by atoms with van der Waals surface area (Å²) in [4.78, 5) is 12.0. The Morgan fingerprint density at radius 2 is 2.00 bits per heavy atom. The van der Waals surface area contributed by atoms with E-state index in [0.717, 1.165) is 12.1 Å². The molecule has 0 atom stereocenters. The Kier molecular flexibility index (Phi) is 2.50. The van der Waals surface area contributed by atoms with Gasteiger partial charge in [0.1, 0.15) is 0 Å². The monoisotopic (exact) mass is 232 g/mol. The zero-order valence-corrected chi connectivity index (χ0v) is 8.41. The molecule has 1 heterocycles. The van der Waals surface area contributed by atoms with E-state index < -0.39 is 11.7 Å². The average molecular weight is 232 g/mol. The van der Waals surface area contributed by atoms with Crippen LogP contribution in [-0.4, -0.2) is 11.5 Å². The van der Waals surface area contributed by atoms with Gasteiger partial charge in [-0.3, -0.25) is 4.79 Å². The van der Waals surface area contributed by atoms with Gasteiger partial charge < -0.3 is 0 Å². The molecule has 5 heteroatoms. The fourth-order valence-electron chi connectivity index (χ4n) is 1.44. The smallest absolute Gasteiger partial charge is 0.294 e. The molecule has 0 saturated carbocycles. The summed E-state index contributed by atoms with van der Waals surface area (Å²) in [6.07, 6.45) is -4.06. The first-order valence-electron chi connectivity index (χ1n) is 4.36. The van der Waals surface area contributed by atoms with Gasteiger partial charge in [-0.15, -0.1) is 11.8 Å². The van der Waals surface area contributed by atoms with E-state index in [1.807, 2.05) is 0 Å². The molecule has 0 aliphatic carbocycles. The maximum absolute atomic E-state index is 12.4. The van der Waals surface area contributed by atoms with Gasteiger partial charge in [0.05, 0.1) is 5.56 Å². The van der Waals surface area contributed by atoms with Crippen molar-refractivity contribution in [3.05, 3.63) is 29.3 Å². The predicted molar refractivity (Wildman–Crippen MR) is 51.1 cm³/mol. The SMILES string of the molecule is O=C1CCSc2ccc(C(F)(F)F)cc21. The number of rotatable bonds is 0. The molecule has 0 aromatic heterocycles. The van der Waals surface area contributed by atoms with Crippen LogP contribution in [0.5, 0.6) is 0 Å². The second-order valence-corrected chi connectivity index (χ2v) is 4.37. The lowest BCUT2D eigenvalue weighted by Gasteiger charge is -2.16. The highest BCUT2D eigenvalue weighted by Crippen LogP contribution is 2.35. The van der Waals surface area contributed by atoms with E-state index >= 15 is 0 Å². The van der Waals surface area contributed by atoms with Crippen molar-refractivity contribution in [2.75, 3.05) is 5.75 Å². The Morgan fingerprint density at radius 1 is 1.27 bits per heavy atom. The molecule has 80 valence electrons. The highest BCUT2D eigenvalue weighted by atomic mass is 32.2. The van der Waals surface area contributed by atoms with Crippen molar-refractivity contribution in [1.82, 2.24) is 0 Å². The molecule has 0 unspecified atom stereocenters. The minimum atomic E-state index is -4.38. The van der Waals surface area contributed by atoms with Gasteiger partial charge in [0, 0.05) is 22.6 Å². The number of alkyl halides is 3. The second kappa shape index (κ2) is 3.56. The number of fused-ring (bicyclic) bond motifs is 1. The van der Waals surface area contributed by atoms with E-state index in [-0.39, 0.29) is 11.3 Å². The predicted octanol–water partition coefficient (Wildman–Crippen LogP) is 3.38. The van der Waals surface area contributed by atoms with E-state index in [2.05, 4.69) is 0 Å². The Hall–Kier alpha value is -0.970. The lowest BCUT2D eigenvalue weighted by molar-refractivity contribution is -0.137. The van der Waals surface area contributed by atoms with Gasteiger partial charge in [0.25, 0.3) is 0 Å². The molecule has 0 radical (unpaired) electrons. The van der Waals surface area contributed by atoms with Crippen LogP contribution in [0.25, 0.3) is 0 Å². The zero-order valence-electron chi connectivity index (χ0n) is 7.60. The van der Waals surface area contributed by atoms with Gasteiger partial charge >= 0.3 is 6.18 Å². The van der Waals surface area contributed by atoms with Crippen molar-refractivity contribution in [1.29, 1.82) is 0 Å². The van der Waals surface area contributed by atoms with Crippen molar-refractivity contribution in [3.8, 4) is 0 Å². The van der Waals surface area contributed by atoms with Crippen molar-refractivity contribution in [2.45, 2.75) is 17.5 Å². The Labute approximate surface area is 88.7 Å². The number of hydrogen-bond acceptors (Lipinski definition) is 2. The van der Waals surface area contributed by atoms with E-state index in [1.54, 1.807) is 0 Å². The fraction of sp³-hybridized carbons (Fsp3) is 0.300. The molecule has 0 fully saturated rings. The van der Waals surface area contributed by atoms with Crippen LogP contribution in [0.2, 0.25) is 0 Å². The number of carbonyl (C=O) groups is 1. The van der Waals surface area contributed by atoms with Crippen LogP contribution in [0, 0.1) is 0 Å². The molecule has 0 amide bonds. The number of thioether (sulfide) groups is 1. The number of carbonyl (C=O) groups excluding carboxylic acids is 1. The number of Topliss-reactive ketones (excluding diaryl/α,β-unsaturated/α-hetero) is 1. The maximum Gasteiger partial charge on any atom is 0.416 e. The van der Waals surface area contributed by atoms with Crippen LogP contribution in [0.4, 0.5) is 13.2 Å². The van der Waals surface area contributed by atoms with Crippen LogP contribution in [0.15, 0.2) is 23.1 Å². The first-order valence-corrected chi connectivity index (χ1v) is 5.34. The van der Waals surface area contributed by atoms with Crippen molar-refractivity contribution in [3.63, 3.8) is 0 Å². The lowest BCUT2D eigenvalue weighted by Crippen LogP contribution is -2.12. The maximum atomic E-state index is 12.4. The molecule has 0 spiro atoms. The summed E-state index contributed by atoms with van der Waals surface area (Å²) in [5, 5.41) is 0. The van der Waals surface area contributed by atoms with Crippen molar-refractivity contribution in [2.24, 2.45) is 0 Å². The van der Waals surface area contributed by atoms with Crippen LogP contribution >= 0.6 is 11.8 Å². The average Bonchev–Trinajstić information content (AvgIpc) is 2.16. The minimum absolute atomic E-state index is 0.199. The summed E-state index contributed by atoms with van der Waals surface area (Å²) in [6, 6.07) is 3.34. The number of hydrogen-bond donors (Lipinski definition) is 0. The summed E-state index contributed by atoms with van der Waals surface area (Å²) in [7, 11) is 0. The van der Waals surface area contributed by atoms with Crippen LogP contribution in [-0.2, 0) is 6.18 Å². The molecule has 1 aliphatic rings. The lowest BCUT2D eigenvalue weighted by atomic mass is 10.0. The zero-order chi connectivity index (χ0) is 11.1. The molecule has 0 saturated heterocycles. The minimum Gasteiger partial charge on any atom is -0.294 e. The highest BCUT2D eigenvalue weighted by molar-refractivity contribution is 7.99. The molecule has 0 N–H and O–H groups in total. The topological polar surface area (TPSA) is 17.1 Å². The third-order valence-electron chi connectivity index (χ3n) is 2.19. The fourth-order valence-corrected chi connectivity index (χ4v) is 2.44. The van der Waals surface area contributed by atoms with E-state index in [0.29, 0.717) is 17.1 Å². The van der Waals surface area contributed by atoms with Gasteiger partial charge in [-0.2, -0.15) is 13.2 Å². The first kappa shape index (κ1) is 10.5. The normalized spacial score (nSPS) is 16.3. The van der Waals surface area contributed by atoms with Crippen molar-refractivity contribution >= 4 is 17.5 Å². The summed E-state index contributed by atoms with van der Waals surface area (Å²) in [5.41, 5.74) is -0.543. The summed E-state index contributed by atoms with van der Waals surface area (Å²) >= 11 is 1.42. The molecule has 15 heavy (non-hydrogen) atoms. The Morgan fingerprint density at radius 3 is 2.67 bits per heavy atom.